The van der Waals surface area contributed by atoms with Gasteiger partial charge in [0.15, 0.2) is 5.76 Å². The number of carbonyl (C=O) groups is 2. The highest BCUT2D eigenvalue weighted by molar-refractivity contribution is 5.94. The number of hydrogen-bond acceptors (Lipinski definition) is 4. The third kappa shape index (κ3) is 4.25. The van der Waals surface area contributed by atoms with Crippen molar-refractivity contribution in [3.8, 4) is 11.3 Å². The van der Waals surface area contributed by atoms with Gasteiger partial charge >= 0.3 is 0 Å². The molecular weight excluding hydrogens is 344 g/mol. The number of amides is 2. The third-order valence-corrected chi connectivity index (χ3v) is 4.45. The highest BCUT2D eigenvalue weighted by Crippen LogP contribution is 2.22. The molecule has 2 amide bonds. The maximum absolute atomic E-state index is 12.3. The summed E-state index contributed by atoms with van der Waals surface area (Å²) in [5.41, 5.74) is 9.81. The first-order valence-electron chi connectivity index (χ1n) is 8.74. The number of rotatable bonds is 7. The van der Waals surface area contributed by atoms with Crippen molar-refractivity contribution in [1.82, 2.24) is 15.5 Å². The lowest BCUT2D eigenvalue weighted by molar-refractivity contribution is 0.0951. The largest absolute Gasteiger partial charge is 0.451 e. The lowest BCUT2D eigenvalue weighted by Gasteiger charge is -2.06. The zero-order chi connectivity index (χ0) is 19.4. The number of aryl methyl sites for hydroxylation is 2. The molecule has 0 unspecified atom stereocenters. The summed E-state index contributed by atoms with van der Waals surface area (Å²) >= 11 is 0. The Balaban J connectivity index is 1.53. The average molecular weight is 366 g/mol. The maximum atomic E-state index is 12.3. The fourth-order valence-electron chi connectivity index (χ4n) is 2.92. The molecule has 2 heterocycles. The number of H-pyrrole nitrogens is 1. The zero-order valence-electron chi connectivity index (χ0n) is 15.3. The monoisotopic (exact) mass is 366 g/mol. The van der Waals surface area contributed by atoms with Gasteiger partial charge in [-0.05, 0) is 56.5 Å². The van der Waals surface area contributed by atoms with Crippen molar-refractivity contribution in [2.24, 2.45) is 5.73 Å². The average Bonchev–Trinajstić information content (AvgIpc) is 3.27. The van der Waals surface area contributed by atoms with Gasteiger partial charge < -0.3 is 15.5 Å². The van der Waals surface area contributed by atoms with Crippen LogP contribution in [0.25, 0.3) is 11.3 Å². The highest BCUT2D eigenvalue weighted by atomic mass is 16.3. The Bertz CT molecular complexity index is 935. The molecule has 140 valence electrons. The van der Waals surface area contributed by atoms with Gasteiger partial charge in [0, 0.05) is 23.4 Å². The lowest BCUT2D eigenvalue weighted by Crippen LogP contribution is -2.24. The normalized spacial score (nSPS) is 10.7. The van der Waals surface area contributed by atoms with Gasteiger partial charge in [-0.3, -0.25) is 14.7 Å². The third-order valence-electron chi connectivity index (χ3n) is 4.45. The number of primary amides is 1. The number of nitrogens with zero attached hydrogens (tertiary/aromatic N) is 1. The zero-order valence-corrected chi connectivity index (χ0v) is 15.3. The molecule has 27 heavy (non-hydrogen) atoms. The van der Waals surface area contributed by atoms with Crippen molar-refractivity contribution in [1.29, 1.82) is 0 Å². The maximum Gasteiger partial charge on any atom is 0.284 e. The van der Waals surface area contributed by atoms with Gasteiger partial charge in [-0.25, -0.2) is 0 Å². The highest BCUT2D eigenvalue weighted by Gasteiger charge is 2.11. The summed E-state index contributed by atoms with van der Waals surface area (Å²) in [5.74, 6) is -0.103. The molecule has 7 heteroatoms. The van der Waals surface area contributed by atoms with E-state index in [0.29, 0.717) is 17.9 Å². The second kappa shape index (κ2) is 7.90. The van der Waals surface area contributed by atoms with Crippen LogP contribution < -0.4 is 11.1 Å². The molecule has 0 bridgehead atoms. The standard InChI is InChI=1S/C20H22N4O3/c1-12-16(13(2)24-23-12)4-3-11-22-20(26)15-7-5-14(6-8-15)17-9-10-18(27-17)19(21)25/h5-10H,3-4,11H2,1-2H3,(H2,21,25)(H,22,26)(H,23,24). The van der Waals surface area contributed by atoms with E-state index in [0.717, 1.165) is 29.8 Å². The second-order valence-electron chi connectivity index (χ2n) is 6.38. The van der Waals surface area contributed by atoms with Crippen molar-refractivity contribution in [2.75, 3.05) is 6.54 Å². The first-order valence-corrected chi connectivity index (χ1v) is 8.74. The van der Waals surface area contributed by atoms with E-state index in [2.05, 4.69) is 15.5 Å². The van der Waals surface area contributed by atoms with Crippen molar-refractivity contribution in [2.45, 2.75) is 26.7 Å². The van der Waals surface area contributed by atoms with Crippen molar-refractivity contribution in [3.63, 3.8) is 0 Å². The summed E-state index contributed by atoms with van der Waals surface area (Å²) in [7, 11) is 0. The number of benzene rings is 1. The topological polar surface area (TPSA) is 114 Å². The van der Waals surface area contributed by atoms with Crippen molar-refractivity contribution >= 4 is 11.8 Å². The summed E-state index contributed by atoms with van der Waals surface area (Å²) in [6.45, 7) is 4.57. The Hall–Kier alpha value is -3.35. The Morgan fingerprint density at radius 2 is 1.89 bits per heavy atom. The molecule has 3 aromatic rings. The molecular formula is C20H22N4O3. The van der Waals surface area contributed by atoms with Gasteiger partial charge in [0.05, 0.1) is 5.69 Å². The molecule has 3 rings (SSSR count). The van der Waals surface area contributed by atoms with Gasteiger partial charge in [0.2, 0.25) is 0 Å². The Morgan fingerprint density at radius 1 is 1.15 bits per heavy atom. The summed E-state index contributed by atoms with van der Waals surface area (Å²) in [6, 6.07) is 10.2. The summed E-state index contributed by atoms with van der Waals surface area (Å²) in [5, 5.41) is 10.1. The van der Waals surface area contributed by atoms with Gasteiger partial charge in [-0.1, -0.05) is 12.1 Å². The van der Waals surface area contributed by atoms with E-state index in [1.807, 2.05) is 13.8 Å². The summed E-state index contributed by atoms with van der Waals surface area (Å²) in [4.78, 5) is 23.4. The van der Waals surface area contributed by atoms with Crippen LogP contribution in [-0.4, -0.2) is 28.6 Å². The minimum Gasteiger partial charge on any atom is -0.451 e. The van der Waals surface area contributed by atoms with E-state index >= 15 is 0 Å². The predicted molar refractivity (Wildman–Crippen MR) is 101 cm³/mol. The fraction of sp³-hybridized carbons (Fsp3) is 0.250. The molecule has 4 N–H and O–H groups in total. The van der Waals surface area contributed by atoms with Gasteiger partial charge in [0.25, 0.3) is 11.8 Å². The molecule has 0 spiro atoms. The first-order chi connectivity index (χ1) is 13.0. The molecule has 0 aliphatic rings. The molecule has 0 aliphatic heterocycles. The smallest absolute Gasteiger partial charge is 0.284 e. The molecule has 0 fully saturated rings. The summed E-state index contributed by atoms with van der Waals surface area (Å²) in [6.07, 6.45) is 1.71. The van der Waals surface area contributed by atoms with Crippen LogP contribution in [0.1, 0.15) is 44.3 Å². The van der Waals surface area contributed by atoms with Gasteiger partial charge in [0.1, 0.15) is 5.76 Å². The molecule has 7 nitrogen and oxygen atoms in total. The van der Waals surface area contributed by atoms with Crippen molar-refractivity contribution < 1.29 is 14.0 Å². The molecule has 0 radical (unpaired) electrons. The second-order valence-corrected chi connectivity index (χ2v) is 6.38. The molecule has 0 saturated carbocycles. The van der Waals surface area contributed by atoms with E-state index in [-0.39, 0.29) is 11.7 Å². The van der Waals surface area contributed by atoms with Crippen LogP contribution >= 0.6 is 0 Å². The van der Waals surface area contributed by atoms with Gasteiger partial charge in [-0.15, -0.1) is 0 Å². The number of furan rings is 1. The predicted octanol–water partition coefficient (Wildman–Crippen LogP) is 2.75. The van der Waals surface area contributed by atoms with E-state index in [1.54, 1.807) is 30.3 Å². The van der Waals surface area contributed by atoms with E-state index in [1.165, 1.54) is 11.6 Å². The van der Waals surface area contributed by atoms with Crippen LogP contribution in [0.15, 0.2) is 40.8 Å². The van der Waals surface area contributed by atoms with E-state index in [9.17, 15) is 9.59 Å². The fourth-order valence-corrected chi connectivity index (χ4v) is 2.92. The van der Waals surface area contributed by atoms with Crippen molar-refractivity contribution in [3.05, 3.63) is 64.7 Å². The number of hydrogen-bond donors (Lipinski definition) is 3. The number of aromatic nitrogens is 2. The van der Waals surface area contributed by atoms with E-state index in [4.69, 9.17) is 10.2 Å². The minimum absolute atomic E-state index is 0.106. The molecule has 0 aliphatic carbocycles. The number of carbonyl (C=O) groups excluding carboxylic acids is 2. The Kier molecular flexibility index (Phi) is 5.40. The van der Waals surface area contributed by atoms with Crippen LogP contribution in [0.2, 0.25) is 0 Å². The minimum atomic E-state index is -0.613. The summed E-state index contributed by atoms with van der Waals surface area (Å²) < 4.78 is 5.38. The van der Waals surface area contributed by atoms with E-state index < -0.39 is 5.91 Å². The van der Waals surface area contributed by atoms with Crippen LogP contribution in [0.3, 0.4) is 0 Å². The Morgan fingerprint density at radius 3 is 2.48 bits per heavy atom. The molecule has 1 aromatic carbocycles. The lowest BCUT2D eigenvalue weighted by atomic mass is 10.1. The van der Waals surface area contributed by atoms with Crippen LogP contribution in [0.5, 0.6) is 0 Å². The number of nitrogens with one attached hydrogen (secondary N) is 2. The van der Waals surface area contributed by atoms with Crippen LogP contribution in [-0.2, 0) is 6.42 Å². The Labute approximate surface area is 157 Å². The molecule has 0 saturated heterocycles. The van der Waals surface area contributed by atoms with Crippen LogP contribution in [0, 0.1) is 13.8 Å². The number of aromatic amines is 1. The van der Waals surface area contributed by atoms with Gasteiger partial charge in [-0.2, -0.15) is 5.10 Å². The SMILES string of the molecule is Cc1n[nH]c(C)c1CCCNC(=O)c1ccc(-c2ccc(C(N)=O)o2)cc1. The molecule has 0 atom stereocenters. The number of nitrogens with two attached hydrogens (primary N) is 1. The quantitative estimate of drug-likeness (QED) is 0.558. The molecule has 2 aromatic heterocycles. The first kappa shape index (κ1) is 18.4. The van der Waals surface area contributed by atoms with Crippen LogP contribution in [0.4, 0.5) is 0 Å².